The van der Waals surface area contributed by atoms with E-state index in [2.05, 4.69) is 20.2 Å². The van der Waals surface area contributed by atoms with E-state index in [1.807, 2.05) is 60.7 Å². The summed E-state index contributed by atoms with van der Waals surface area (Å²) in [5, 5.41) is 19.2. The normalized spacial score (nSPS) is 14.6. The number of aliphatic imine (C=N–C) groups is 1. The van der Waals surface area contributed by atoms with Crippen molar-refractivity contribution in [3.63, 3.8) is 0 Å². The lowest BCUT2D eigenvalue weighted by atomic mass is 10.0. The van der Waals surface area contributed by atoms with Crippen molar-refractivity contribution >= 4 is 51.5 Å². The van der Waals surface area contributed by atoms with E-state index < -0.39 is 5.91 Å². The lowest BCUT2D eigenvalue weighted by molar-refractivity contribution is -0.113. The van der Waals surface area contributed by atoms with Crippen LogP contribution in [0.15, 0.2) is 92.9 Å². The Kier molecular flexibility index (Phi) is 6.46. The highest BCUT2D eigenvalue weighted by molar-refractivity contribution is 8.18. The molecule has 0 aliphatic carbocycles. The molecule has 0 atom stereocenters. The molecular weight excluding hydrogens is 476 g/mol. The van der Waals surface area contributed by atoms with Gasteiger partial charge in [-0.2, -0.15) is 4.99 Å². The molecule has 36 heavy (non-hydrogen) atoms. The number of rotatable bonds is 5. The monoisotopic (exact) mass is 496 g/mol. The summed E-state index contributed by atoms with van der Waals surface area (Å²) < 4.78 is 5.02. The van der Waals surface area contributed by atoms with Crippen LogP contribution >= 0.6 is 11.8 Å². The van der Waals surface area contributed by atoms with Crippen molar-refractivity contribution in [1.29, 1.82) is 0 Å². The number of aromatic hydroxyl groups is 1. The van der Waals surface area contributed by atoms with Crippen LogP contribution in [0, 0.1) is 0 Å². The molecule has 0 bridgehead atoms. The standard InChI is InChI=1S/C27H20N4O4S/c1-2-35-26(34)19-13-11-18(12-14-19)17-9-7-16(8-10-17)15-22-24(32)29-27(36-22)31-30-23-20-5-3-4-6-21(20)28-25(23)33/h3-15,28,33H,2H2,1H3/b22-15-,31-30?. The molecule has 0 saturated heterocycles. The molecule has 0 saturated carbocycles. The van der Waals surface area contributed by atoms with Crippen LogP contribution in [0.3, 0.4) is 0 Å². The van der Waals surface area contributed by atoms with Gasteiger partial charge in [0, 0.05) is 5.39 Å². The fraction of sp³-hybridized carbons (Fsp3) is 0.0741. The quantitative estimate of drug-likeness (QED) is 0.187. The number of aromatic amines is 1. The highest BCUT2D eigenvalue weighted by Crippen LogP contribution is 2.36. The van der Waals surface area contributed by atoms with Gasteiger partial charge in [0.25, 0.3) is 5.91 Å². The number of carbonyl (C=O) groups is 2. The maximum Gasteiger partial charge on any atom is 0.338 e. The smallest absolute Gasteiger partial charge is 0.338 e. The Hall–Kier alpha value is -4.50. The van der Waals surface area contributed by atoms with Crippen LogP contribution in [0.2, 0.25) is 0 Å². The van der Waals surface area contributed by atoms with Crippen LogP contribution in [-0.2, 0) is 9.53 Å². The molecule has 0 spiro atoms. The molecule has 1 amide bonds. The van der Waals surface area contributed by atoms with Gasteiger partial charge in [0.05, 0.1) is 22.6 Å². The number of azo groups is 1. The summed E-state index contributed by atoms with van der Waals surface area (Å²) in [5.41, 5.74) is 4.30. The van der Waals surface area contributed by atoms with Gasteiger partial charge in [-0.05, 0) is 59.7 Å². The number of aromatic nitrogens is 1. The predicted molar refractivity (Wildman–Crippen MR) is 140 cm³/mol. The Morgan fingerprint density at radius 3 is 2.44 bits per heavy atom. The van der Waals surface area contributed by atoms with E-state index in [9.17, 15) is 14.7 Å². The third-order valence-electron chi connectivity index (χ3n) is 5.44. The van der Waals surface area contributed by atoms with Crippen molar-refractivity contribution in [2.45, 2.75) is 6.92 Å². The Labute approximate surface area is 210 Å². The Balaban J connectivity index is 1.28. The van der Waals surface area contributed by atoms with Crippen LogP contribution in [0.5, 0.6) is 5.88 Å². The van der Waals surface area contributed by atoms with Gasteiger partial charge in [-0.1, -0.05) is 54.6 Å². The third-order valence-corrected chi connectivity index (χ3v) is 6.31. The summed E-state index contributed by atoms with van der Waals surface area (Å²) in [6, 6.07) is 22.2. The molecule has 2 N–H and O–H groups in total. The number of benzene rings is 3. The van der Waals surface area contributed by atoms with Crippen molar-refractivity contribution in [1.82, 2.24) is 4.98 Å². The van der Waals surface area contributed by atoms with Crippen LogP contribution < -0.4 is 0 Å². The van der Waals surface area contributed by atoms with E-state index in [1.54, 1.807) is 25.1 Å². The Bertz CT molecular complexity index is 1550. The van der Waals surface area contributed by atoms with Gasteiger partial charge in [-0.25, -0.2) is 4.79 Å². The number of hydrogen-bond acceptors (Lipinski definition) is 7. The number of H-pyrrole nitrogens is 1. The van der Waals surface area contributed by atoms with Gasteiger partial charge in [0.2, 0.25) is 11.0 Å². The SMILES string of the molecule is CCOC(=O)c1ccc(-c2ccc(/C=C3\SC(N=Nc4c(O)[nH]c5ccccc45)=NC3=O)cc2)cc1. The summed E-state index contributed by atoms with van der Waals surface area (Å²) in [6.07, 6.45) is 1.75. The van der Waals surface area contributed by atoms with Gasteiger partial charge in [0.1, 0.15) is 0 Å². The second kappa shape index (κ2) is 10.0. The number of ether oxygens (including phenoxy) is 1. The summed E-state index contributed by atoms with van der Waals surface area (Å²) in [5.74, 6) is -0.832. The zero-order valence-electron chi connectivity index (χ0n) is 19.1. The second-order valence-corrected chi connectivity index (χ2v) is 8.81. The van der Waals surface area contributed by atoms with Crippen molar-refractivity contribution in [2.75, 3.05) is 6.61 Å². The van der Waals surface area contributed by atoms with Crippen molar-refractivity contribution in [2.24, 2.45) is 15.2 Å². The zero-order chi connectivity index (χ0) is 25.1. The average Bonchev–Trinajstić information content (AvgIpc) is 3.41. The van der Waals surface area contributed by atoms with Crippen molar-refractivity contribution in [3.05, 3.63) is 88.8 Å². The van der Waals surface area contributed by atoms with Crippen LogP contribution in [0.4, 0.5) is 5.69 Å². The maximum atomic E-state index is 12.4. The molecule has 1 aliphatic heterocycles. The topological polar surface area (TPSA) is 116 Å². The summed E-state index contributed by atoms with van der Waals surface area (Å²) in [6.45, 7) is 2.11. The minimum Gasteiger partial charge on any atom is -0.493 e. The minimum absolute atomic E-state index is 0.0961. The van der Waals surface area contributed by atoms with Crippen LogP contribution in [-0.4, -0.2) is 33.7 Å². The second-order valence-electron chi connectivity index (χ2n) is 7.80. The first kappa shape index (κ1) is 23.3. The fourth-order valence-electron chi connectivity index (χ4n) is 3.68. The number of hydrogen-bond donors (Lipinski definition) is 2. The predicted octanol–water partition coefficient (Wildman–Crippen LogP) is 6.47. The number of nitrogens with one attached hydrogen (secondary N) is 1. The van der Waals surface area contributed by atoms with Crippen molar-refractivity contribution in [3.8, 4) is 17.0 Å². The number of para-hydroxylation sites is 1. The highest BCUT2D eigenvalue weighted by Gasteiger charge is 2.22. The van der Waals surface area contributed by atoms with Gasteiger partial charge in [-0.15, -0.1) is 10.2 Å². The Morgan fingerprint density at radius 2 is 1.72 bits per heavy atom. The molecule has 4 aromatic rings. The molecular formula is C27H20N4O4S. The lowest BCUT2D eigenvalue weighted by Gasteiger charge is -2.05. The lowest BCUT2D eigenvalue weighted by Crippen LogP contribution is -2.03. The van der Waals surface area contributed by atoms with E-state index in [-0.39, 0.29) is 17.0 Å². The molecule has 0 fully saturated rings. The van der Waals surface area contributed by atoms with Gasteiger partial charge >= 0.3 is 5.97 Å². The van der Waals surface area contributed by atoms with Gasteiger partial charge < -0.3 is 14.8 Å². The Morgan fingerprint density at radius 1 is 1.03 bits per heavy atom. The number of amidine groups is 1. The maximum absolute atomic E-state index is 12.4. The molecule has 0 unspecified atom stereocenters. The summed E-state index contributed by atoms with van der Waals surface area (Å²) in [4.78, 5) is 31.4. The van der Waals surface area contributed by atoms with Gasteiger partial charge in [0.15, 0.2) is 5.69 Å². The molecule has 9 heteroatoms. The van der Waals surface area contributed by atoms with Crippen LogP contribution in [0.1, 0.15) is 22.8 Å². The molecule has 0 radical (unpaired) electrons. The van der Waals surface area contributed by atoms with E-state index in [1.165, 1.54) is 0 Å². The largest absolute Gasteiger partial charge is 0.493 e. The number of nitrogens with zero attached hydrogens (tertiary/aromatic N) is 3. The number of esters is 1. The highest BCUT2D eigenvalue weighted by atomic mass is 32.2. The molecule has 5 rings (SSSR count). The molecule has 1 aromatic heterocycles. The first-order valence-corrected chi connectivity index (χ1v) is 11.9. The molecule has 8 nitrogen and oxygen atoms in total. The molecule has 3 aromatic carbocycles. The van der Waals surface area contributed by atoms with Crippen molar-refractivity contribution < 1.29 is 19.4 Å². The van der Waals surface area contributed by atoms with E-state index in [4.69, 9.17) is 4.74 Å². The number of thioether (sulfide) groups is 1. The van der Waals surface area contributed by atoms with Gasteiger partial charge in [-0.3, -0.25) is 4.79 Å². The summed E-state index contributed by atoms with van der Waals surface area (Å²) >= 11 is 1.12. The number of amides is 1. The van der Waals surface area contributed by atoms with E-state index >= 15 is 0 Å². The van der Waals surface area contributed by atoms with E-state index in [0.29, 0.717) is 22.8 Å². The molecule has 178 valence electrons. The average molecular weight is 497 g/mol. The van der Waals surface area contributed by atoms with E-state index in [0.717, 1.165) is 39.4 Å². The third kappa shape index (κ3) is 4.82. The first-order chi connectivity index (χ1) is 17.5. The van der Waals surface area contributed by atoms with Crippen LogP contribution in [0.25, 0.3) is 28.1 Å². The molecule has 1 aliphatic rings. The zero-order valence-corrected chi connectivity index (χ0v) is 20.0. The number of fused-ring (bicyclic) bond motifs is 1. The molecule has 2 heterocycles. The minimum atomic E-state index is -0.393. The number of carbonyl (C=O) groups excluding carboxylic acids is 2. The first-order valence-electron chi connectivity index (χ1n) is 11.1. The summed E-state index contributed by atoms with van der Waals surface area (Å²) in [7, 11) is 0. The fourth-order valence-corrected chi connectivity index (χ4v) is 4.42.